The molecule has 6 nitrogen and oxygen atoms in total. The van der Waals surface area contributed by atoms with Crippen LogP contribution < -0.4 is 15.4 Å². The average molecular weight is 485 g/mol. The van der Waals surface area contributed by atoms with Crippen LogP contribution in [-0.4, -0.2) is 74.2 Å². The molecule has 3 heterocycles. The number of rotatable bonds is 8. The molecule has 150 valence electrons. The van der Waals surface area contributed by atoms with Gasteiger partial charge in [-0.1, -0.05) is 30.9 Å². The number of nitrogens with one attached hydrogen (secondary N) is 2. The molecule has 3 fully saturated rings. The minimum atomic E-state index is 0. The topological polar surface area (TPSA) is 52.1 Å². The molecule has 0 aliphatic carbocycles. The number of para-hydroxylation sites is 1. The summed E-state index contributed by atoms with van der Waals surface area (Å²) in [5.74, 6) is 1.74. The van der Waals surface area contributed by atoms with E-state index in [-0.39, 0.29) is 24.0 Å². The summed E-state index contributed by atoms with van der Waals surface area (Å²) < 4.78 is 5.73. The lowest BCUT2D eigenvalue weighted by molar-refractivity contribution is 0.0154. The van der Waals surface area contributed by atoms with Crippen molar-refractivity contribution in [2.24, 2.45) is 4.99 Å². The average Bonchev–Trinajstić information content (AvgIpc) is 2.70. The molecule has 2 N–H and O–H groups in total. The summed E-state index contributed by atoms with van der Waals surface area (Å²) in [6.45, 7) is 14.6. The molecule has 27 heavy (non-hydrogen) atoms. The Labute approximate surface area is 180 Å². The molecule has 1 unspecified atom stereocenters. The van der Waals surface area contributed by atoms with Crippen LogP contribution in [0.4, 0.5) is 0 Å². The van der Waals surface area contributed by atoms with Crippen LogP contribution in [0.25, 0.3) is 0 Å². The highest BCUT2D eigenvalue weighted by Crippen LogP contribution is 2.19. The van der Waals surface area contributed by atoms with E-state index >= 15 is 0 Å². The highest BCUT2D eigenvalue weighted by Gasteiger charge is 2.31. The first-order valence-electron chi connectivity index (χ1n) is 9.60. The minimum Gasteiger partial charge on any atom is -0.489 e. The van der Waals surface area contributed by atoms with E-state index in [9.17, 15) is 0 Å². The summed E-state index contributed by atoms with van der Waals surface area (Å²) in [5.41, 5.74) is 1.08. The zero-order valence-corrected chi connectivity index (χ0v) is 18.5. The quantitative estimate of drug-likeness (QED) is 0.255. The fraction of sp³-hybridized carbons (Fsp3) is 0.550. The molecule has 3 saturated heterocycles. The molecule has 4 rings (SSSR count). The molecule has 0 radical (unpaired) electrons. The normalized spacial score (nSPS) is 24.0. The van der Waals surface area contributed by atoms with Gasteiger partial charge >= 0.3 is 0 Å². The molecule has 3 aliphatic heterocycles. The molecule has 0 aromatic heterocycles. The Balaban J connectivity index is 0.00000261. The van der Waals surface area contributed by atoms with E-state index in [1.165, 1.54) is 26.2 Å². The predicted molar refractivity (Wildman–Crippen MR) is 122 cm³/mol. The third-order valence-electron chi connectivity index (χ3n) is 4.98. The largest absolute Gasteiger partial charge is 0.489 e. The van der Waals surface area contributed by atoms with Crippen LogP contribution in [0.15, 0.2) is 41.9 Å². The van der Waals surface area contributed by atoms with Gasteiger partial charge in [-0.25, -0.2) is 4.99 Å². The van der Waals surface area contributed by atoms with Crippen molar-refractivity contribution in [1.82, 2.24) is 20.4 Å². The van der Waals surface area contributed by atoms with Crippen LogP contribution in [0.5, 0.6) is 5.75 Å². The van der Waals surface area contributed by atoms with Gasteiger partial charge in [-0.05, 0) is 13.0 Å². The third kappa shape index (κ3) is 6.36. The molecule has 2 bridgehead atoms. The van der Waals surface area contributed by atoms with Crippen LogP contribution in [0.3, 0.4) is 0 Å². The first-order valence-corrected chi connectivity index (χ1v) is 9.60. The van der Waals surface area contributed by atoms with Crippen LogP contribution >= 0.6 is 24.0 Å². The highest BCUT2D eigenvalue weighted by molar-refractivity contribution is 14.0. The number of nitrogens with zero attached hydrogens (tertiary/aromatic N) is 3. The van der Waals surface area contributed by atoms with Gasteiger partial charge in [0.15, 0.2) is 5.96 Å². The predicted octanol–water partition coefficient (Wildman–Crippen LogP) is 1.92. The number of piperazine rings is 3. The minimum absolute atomic E-state index is 0. The second-order valence-electron chi connectivity index (χ2n) is 6.77. The van der Waals surface area contributed by atoms with Gasteiger partial charge < -0.3 is 15.4 Å². The van der Waals surface area contributed by atoms with Gasteiger partial charge in [0.25, 0.3) is 0 Å². The Hall–Kier alpha value is -1.32. The Morgan fingerprint density at radius 2 is 2.04 bits per heavy atom. The fourth-order valence-electron chi connectivity index (χ4n) is 3.56. The molecule has 1 aromatic rings. The van der Waals surface area contributed by atoms with Gasteiger partial charge in [0.2, 0.25) is 0 Å². The van der Waals surface area contributed by atoms with Crippen LogP contribution in [0, 0.1) is 0 Å². The first kappa shape index (κ1) is 22.0. The molecular weight excluding hydrogens is 453 g/mol. The van der Waals surface area contributed by atoms with Crippen LogP contribution in [0.1, 0.15) is 12.5 Å². The lowest BCUT2D eigenvalue weighted by Crippen LogP contribution is -2.63. The third-order valence-corrected chi connectivity index (χ3v) is 4.98. The molecule has 3 aliphatic rings. The Kier molecular flexibility index (Phi) is 9.36. The summed E-state index contributed by atoms with van der Waals surface area (Å²) in [5, 5.41) is 6.87. The number of benzene rings is 1. The number of hydrogen-bond acceptors (Lipinski definition) is 4. The van der Waals surface area contributed by atoms with Gasteiger partial charge in [-0.15, -0.1) is 24.0 Å². The van der Waals surface area contributed by atoms with Crippen molar-refractivity contribution < 1.29 is 4.74 Å². The van der Waals surface area contributed by atoms with E-state index in [1.54, 1.807) is 6.08 Å². The van der Waals surface area contributed by atoms with Crippen molar-refractivity contribution in [3.05, 3.63) is 42.5 Å². The van der Waals surface area contributed by atoms with Crippen molar-refractivity contribution in [3.63, 3.8) is 0 Å². The van der Waals surface area contributed by atoms with Crippen molar-refractivity contribution >= 4 is 29.9 Å². The number of halogens is 1. The van der Waals surface area contributed by atoms with E-state index in [0.29, 0.717) is 19.2 Å². The standard InChI is InChI=1S/C20H31N5O.HI/c1-3-13-26-19-8-6-5-7-17(19)14-22-20(21-4-2)23-15-18-16-24-9-11-25(18)12-10-24;/h3,5-8,18H,1,4,9-16H2,2H3,(H2,21,22,23);1H. The summed E-state index contributed by atoms with van der Waals surface area (Å²) in [4.78, 5) is 9.91. The number of aliphatic imine (C=N–C) groups is 1. The molecule has 0 amide bonds. The Morgan fingerprint density at radius 3 is 2.70 bits per heavy atom. The smallest absolute Gasteiger partial charge is 0.191 e. The summed E-state index contributed by atoms with van der Waals surface area (Å²) >= 11 is 0. The van der Waals surface area contributed by atoms with Crippen LogP contribution in [-0.2, 0) is 6.54 Å². The zero-order chi connectivity index (χ0) is 18.2. The maximum Gasteiger partial charge on any atom is 0.191 e. The van der Waals surface area contributed by atoms with E-state index in [0.717, 1.165) is 36.9 Å². The van der Waals surface area contributed by atoms with Gasteiger partial charge in [0.05, 0.1) is 6.54 Å². The van der Waals surface area contributed by atoms with Gasteiger partial charge in [-0.3, -0.25) is 9.80 Å². The summed E-state index contributed by atoms with van der Waals surface area (Å²) in [6.07, 6.45) is 1.76. The molecular formula is C20H32IN5O. The van der Waals surface area contributed by atoms with Gasteiger partial charge in [-0.2, -0.15) is 0 Å². The van der Waals surface area contributed by atoms with Crippen LogP contribution in [0.2, 0.25) is 0 Å². The summed E-state index contributed by atoms with van der Waals surface area (Å²) in [7, 11) is 0. The van der Waals surface area contributed by atoms with Crippen molar-refractivity contribution in [1.29, 1.82) is 0 Å². The number of ether oxygens (including phenoxy) is 1. The van der Waals surface area contributed by atoms with Gasteiger partial charge in [0, 0.05) is 57.4 Å². The SMILES string of the molecule is C=CCOc1ccccc1CN=C(NCC)NCC1CN2CCN1CC2.I. The number of fused-ring (bicyclic) bond motifs is 3. The monoisotopic (exact) mass is 485 g/mol. The first-order chi connectivity index (χ1) is 12.8. The molecule has 0 spiro atoms. The van der Waals surface area contributed by atoms with E-state index in [1.807, 2.05) is 18.2 Å². The molecule has 0 saturated carbocycles. The maximum atomic E-state index is 5.73. The lowest BCUT2D eigenvalue weighted by Gasteiger charge is -2.47. The van der Waals surface area contributed by atoms with E-state index in [2.05, 4.69) is 40.0 Å². The highest BCUT2D eigenvalue weighted by atomic mass is 127. The number of guanidine groups is 1. The summed E-state index contributed by atoms with van der Waals surface area (Å²) in [6, 6.07) is 8.62. The number of hydrogen-bond donors (Lipinski definition) is 2. The Bertz CT molecular complexity index is 616. The second-order valence-corrected chi connectivity index (χ2v) is 6.77. The van der Waals surface area contributed by atoms with E-state index < -0.39 is 0 Å². The maximum absolute atomic E-state index is 5.73. The fourth-order valence-corrected chi connectivity index (χ4v) is 3.56. The second kappa shape index (κ2) is 11.5. The molecule has 7 heteroatoms. The Morgan fingerprint density at radius 1 is 1.26 bits per heavy atom. The van der Waals surface area contributed by atoms with Crippen molar-refractivity contribution in [2.45, 2.75) is 19.5 Å². The van der Waals surface area contributed by atoms with Crippen molar-refractivity contribution in [2.75, 3.05) is 52.4 Å². The zero-order valence-electron chi connectivity index (χ0n) is 16.2. The van der Waals surface area contributed by atoms with E-state index in [4.69, 9.17) is 9.73 Å². The molecule has 1 aromatic carbocycles. The molecule has 1 atom stereocenters. The lowest BCUT2D eigenvalue weighted by atomic mass is 10.1. The van der Waals surface area contributed by atoms with Gasteiger partial charge in [0.1, 0.15) is 12.4 Å². The van der Waals surface area contributed by atoms with Crippen molar-refractivity contribution in [3.8, 4) is 5.75 Å².